The molecule has 7 heteroatoms. The van der Waals surface area contributed by atoms with Crippen LogP contribution in [0.3, 0.4) is 0 Å². The summed E-state index contributed by atoms with van der Waals surface area (Å²) in [6, 6.07) is 5.27. The fourth-order valence-electron chi connectivity index (χ4n) is 1.81. The SMILES string of the molecule is CCC(NC(=O)c1ccc([N+](=O)[O-])cc1)c1ncc[nH]1. The molecule has 2 aromatic rings. The quantitative estimate of drug-likeness (QED) is 0.644. The van der Waals surface area contributed by atoms with Crippen molar-refractivity contribution in [3.8, 4) is 0 Å². The van der Waals surface area contributed by atoms with Crippen LogP contribution in [0.5, 0.6) is 0 Å². The first kappa shape index (κ1) is 13.7. The number of nitrogens with zero attached hydrogens (tertiary/aromatic N) is 2. The first-order valence-corrected chi connectivity index (χ1v) is 6.16. The van der Waals surface area contributed by atoms with E-state index in [0.29, 0.717) is 17.8 Å². The molecule has 7 nitrogen and oxygen atoms in total. The second-order valence-corrected chi connectivity index (χ2v) is 4.21. The number of nitro groups is 1. The first-order chi connectivity index (χ1) is 9.61. The zero-order valence-corrected chi connectivity index (χ0v) is 10.9. The molecular formula is C13H14N4O3. The van der Waals surface area contributed by atoms with Crippen molar-refractivity contribution in [2.24, 2.45) is 0 Å². The molecule has 2 rings (SSSR count). The highest BCUT2D eigenvalue weighted by atomic mass is 16.6. The van der Waals surface area contributed by atoms with E-state index in [-0.39, 0.29) is 17.6 Å². The number of hydrogen-bond donors (Lipinski definition) is 2. The van der Waals surface area contributed by atoms with Gasteiger partial charge >= 0.3 is 0 Å². The molecule has 0 bridgehead atoms. The summed E-state index contributed by atoms with van der Waals surface area (Å²) < 4.78 is 0. The molecular weight excluding hydrogens is 260 g/mol. The van der Waals surface area contributed by atoms with Gasteiger partial charge < -0.3 is 10.3 Å². The van der Waals surface area contributed by atoms with Gasteiger partial charge in [-0.25, -0.2) is 4.98 Å². The Morgan fingerprint density at radius 1 is 1.45 bits per heavy atom. The molecule has 1 heterocycles. The lowest BCUT2D eigenvalue weighted by atomic mass is 10.1. The van der Waals surface area contributed by atoms with Gasteiger partial charge in [-0.3, -0.25) is 14.9 Å². The van der Waals surface area contributed by atoms with E-state index in [1.54, 1.807) is 12.4 Å². The van der Waals surface area contributed by atoms with Crippen LogP contribution in [0.4, 0.5) is 5.69 Å². The van der Waals surface area contributed by atoms with Crippen molar-refractivity contribution in [1.29, 1.82) is 0 Å². The zero-order valence-electron chi connectivity index (χ0n) is 10.9. The molecule has 0 radical (unpaired) electrons. The molecule has 1 unspecified atom stereocenters. The molecule has 104 valence electrons. The predicted octanol–water partition coefficient (Wildman–Crippen LogP) is 2.20. The van der Waals surface area contributed by atoms with E-state index in [9.17, 15) is 14.9 Å². The van der Waals surface area contributed by atoms with E-state index in [1.165, 1.54) is 24.3 Å². The van der Waals surface area contributed by atoms with Crippen molar-refractivity contribution in [2.45, 2.75) is 19.4 Å². The van der Waals surface area contributed by atoms with E-state index in [1.807, 2.05) is 6.92 Å². The molecule has 0 aliphatic rings. The minimum Gasteiger partial charge on any atom is -0.347 e. The number of rotatable bonds is 5. The number of nitro benzene ring substituents is 1. The molecule has 1 aromatic carbocycles. The molecule has 0 saturated carbocycles. The van der Waals surface area contributed by atoms with Gasteiger partial charge in [0.15, 0.2) is 0 Å². The van der Waals surface area contributed by atoms with Crippen molar-refractivity contribution in [1.82, 2.24) is 15.3 Å². The summed E-state index contributed by atoms with van der Waals surface area (Å²) in [5.74, 6) is 0.394. The van der Waals surface area contributed by atoms with Crippen LogP contribution in [-0.2, 0) is 0 Å². The smallest absolute Gasteiger partial charge is 0.269 e. The van der Waals surface area contributed by atoms with Crippen molar-refractivity contribution in [3.05, 3.63) is 58.2 Å². The summed E-state index contributed by atoms with van der Waals surface area (Å²) in [4.78, 5) is 29.2. The topological polar surface area (TPSA) is 101 Å². The highest BCUT2D eigenvalue weighted by molar-refractivity contribution is 5.94. The maximum atomic E-state index is 12.1. The Morgan fingerprint density at radius 3 is 2.65 bits per heavy atom. The number of imidazole rings is 1. The van der Waals surface area contributed by atoms with Crippen LogP contribution in [0.15, 0.2) is 36.7 Å². The Morgan fingerprint density at radius 2 is 2.15 bits per heavy atom. The van der Waals surface area contributed by atoms with Gasteiger partial charge in [0.25, 0.3) is 11.6 Å². The van der Waals surface area contributed by atoms with Crippen LogP contribution in [0.2, 0.25) is 0 Å². The number of H-pyrrole nitrogens is 1. The van der Waals surface area contributed by atoms with Crippen LogP contribution < -0.4 is 5.32 Å². The van der Waals surface area contributed by atoms with Crippen LogP contribution in [0, 0.1) is 10.1 Å². The lowest BCUT2D eigenvalue weighted by molar-refractivity contribution is -0.384. The Kier molecular flexibility index (Phi) is 4.09. The molecule has 20 heavy (non-hydrogen) atoms. The molecule has 1 aromatic heterocycles. The number of nitrogens with one attached hydrogen (secondary N) is 2. The lowest BCUT2D eigenvalue weighted by Crippen LogP contribution is -2.28. The number of amides is 1. The van der Waals surface area contributed by atoms with Gasteiger partial charge in [-0.15, -0.1) is 0 Å². The molecule has 0 aliphatic heterocycles. The monoisotopic (exact) mass is 274 g/mol. The third kappa shape index (κ3) is 3.00. The summed E-state index contributed by atoms with van der Waals surface area (Å²) in [7, 11) is 0. The molecule has 1 atom stereocenters. The van der Waals surface area contributed by atoms with Gasteiger partial charge in [-0.2, -0.15) is 0 Å². The van der Waals surface area contributed by atoms with Gasteiger partial charge in [-0.05, 0) is 18.6 Å². The Bertz CT molecular complexity index is 593. The first-order valence-electron chi connectivity index (χ1n) is 6.16. The summed E-state index contributed by atoms with van der Waals surface area (Å²) >= 11 is 0. The van der Waals surface area contributed by atoms with E-state index in [4.69, 9.17) is 0 Å². The van der Waals surface area contributed by atoms with E-state index in [2.05, 4.69) is 15.3 Å². The molecule has 0 saturated heterocycles. The Hall–Kier alpha value is -2.70. The highest BCUT2D eigenvalue weighted by Gasteiger charge is 2.16. The predicted molar refractivity (Wildman–Crippen MR) is 72.2 cm³/mol. The van der Waals surface area contributed by atoms with E-state index in [0.717, 1.165) is 0 Å². The van der Waals surface area contributed by atoms with Crippen LogP contribution in [0.25, 0.3) is 0 Å². The second kappa shape index (κ2) is 5.96. The summed E-state index contributed by atoms with van der Waals surface area (Å²) in [5, 5.41) is 13.4. The third-order valence-electron chi connectivity index (χ3n) is 2.90. The standard InChI is InChI=1S/C13H14N4O3/c1-2-11(12-14-7-8-15-12)16-13(18)9-3-5-10(6-4-9)17(19)20/h3-8,11H,2H2,1H3,(H,14,15)(H,16,18). The minimum absolute atomic E-state index is 0.0420. The summed E-state index contributed by atoms with van der Waals surface area (Å²) in [6.07, 6.45) is 4.00. The highest BCUT2D eigenvalue weighted by Crippen LogP contribution is 2.15. The fourth-order valence-corrected chi connectivity index (χ4v) is 1.81. The second-order valence-electron chi connectivity index (χ2n) is 4.21. The summed E-state index contributed by atoms with van der Waals surface area (Å²) in [5.41, 5.74) is 0.334. The van der Waals surface area contributed by atoms with Crippen molar-refractivity contribution < 1.29 is 9.72 Å². The molecule has 1 amide bonds. The van der Waals surface area contributed by atoms with Crippen molar-refractivity contribution in [3.63, 3.8) is 0 Å². The molecule has 0 aliphatic carbocycles. The van der Waals surface area contributed by atoms with Crippen LogP contribution in [-0.4, -0.2) is 20.8 Å². The molecule has 0 fully saturated rings. The average molecular weight is 274 g/mol. The number of non-ortho nitro benzene ring substituents is 1. The maximum Gasteiger partial charge on any atom is 0.269 e. The van der Waals surface area contributed by atoms with Crippen molar-refractivity contribution in [2.75, 3.05) is 0 Å². The van der Waals surface area contributed by atoms with Crippen LogP contribution >= 0.6 is 0 Å². The number of hydrogen-bond acceptors (Lipinski definition) is 4. The number of benzene rings is 1. The normalized spacial score (nSPS) is 11.8. The zero-order chi connectivity index (χ0) is 14.5. The van der Waals surface area contributed by atoms with Crippen molar-refractivity contribution >= 4 is 11.6 Å². The largest absolute Gasteiger partial charge is 0.347 e. The Labute approximate surface area is 115 Å². The van der Waals surface area contributed by atoms with Gasteiger partial charge in [0, 0.05) is 30.1 Å². The Balaban J connectivity index is 2.09. The number of carbonyl (C=O) groups excluding carboxylic acids is 1. The number of carbonyl (C=O) groups is 1. The summed E-state index contributed by atoms with van der Waals surface area (Å²) in [6.45, 7) is 1.93. The number of aromatic amines is 1. The molecule has 2 N–H and O–H groups in total. The van der Waals surface area contributed by atoms with Gasteiger partial charge in [0.2, 0.25) is 0 Å². The molecule has 0 spiro atoms. The average Bonchev–Trinajstić information content (AvgIpc) is 2.98. The third-order valence-corrected chi connectivity index (χ3v) is 2.90. The van der Waals surface area contributed by atoms with Gasteiger partial charge in [0.05, 0.1) is 11.0 Å². The number of aromatic nitrogens is 2. The van der Waals surface area contributed by atoms with Crippen LogP contribution in [0.1, 0.15) is 35.6 Å². The van der Waals surface area contributed by atoms with Gasteiger partial charge in [-0.1, -0.05) is 6.92 Å². The lowest BCUT2D eigenvalue weighted by Gasteiger charge is -2.14. The van der Waals surface area contributed by atoms with E-state index < -0.39 is 4.92 Å². The van der Waals surface area contributed by atoms with Gasteiger partial charge in [0.1, 0.15) is 5.82 Å². The minimum atomic E-state index is -0.501. The fraction of sp³-hybridized carbons (Fsp3) is 0.231. The maximum absolute atomic E-state index is 12.1. The van der Waals surface area contributed by atoms with E-state index >= 15 is 0 Å².